The standard InChI is InChI=1S/C11H13BrN4O/c12-8-3-1-2-7(6-8)10-9(13)11(14)16(15-10)4-5-17/h1-3,6,17H,4-5,13-14H2. The van der Waals surface area contributed by atoms with Crippen molar-refractivity contribution < 1.29 is 5.11 Å². The first-order valence-corrected chi connectivity index (χ1v) is 5.91. The third kappa shape index (κ3) is 2.27. The van der Waals surface area contributed by atoms with Crippen LogP contribution in [0.4, 0.5) is 11.5 Å². The Balaban J connectivity index is 2.49. The largest absolute Gasteiger partial charge is 0.394 e. The lowest BCUT2D eigenvalue weighted by atomic mass is 10.1. The molecule has 5 N–H and O–H groups in total. The average Bonchev–Trinajstić information content (AvgIpc) is 2.58. The number of aliphatic hydroxyl groups excluding tert-OH is 1. The number of aliphatic hydroxyl groups is 1. The van der Waals surface area contributed by atoms with Gasteiger partial charge in [-0.05, 0) is 12.1 Å². The van der Waals surface area contributed by atoms with Crippen molar-refractivity contribution in [2.75, 3.05) is 18.1 Å². The van der Waals surface area contributed by atoms with Gasteiger partial charge in [-0.25, -0.2) is 4.68 Å². The maximum atomic E-state index is 8.89. The molecule has 0 saturated carbocycles. The molecule has 0 unspecified atom stereocenters. The second-order valence-electron chi connectivity index (χ2n) is 3.60. The maximum Gasteiger partial charge on any atom is 0.145 e. The normalized spacial score (nSPS) is 10.7. The molecule has 0 fully saturated rings. The number of aromatic nitrogens is 2. The monoisotopic (exact) mass is 296 g/mol. The molecule has 17 heavy (non-hydrogen) atoms. The van der Waals surface area contributed by atoms with Crippen LogP contribution in [0.15, 0.2) is 28.7 Å². The van der Waals surface area contributed by atoms with Gasteiger partial charge >= 0.3 is 0 Å². The van der Waals surface area contributed by atoms with Crippen molar-refractivity contribution in [3.05, 3.63) is 28.7 Å². The first kappa shape index (κ1) is 11.9. The Hall–Kier alpha value is -1.53. The first-order chi connectivity index (χ1) is 8.13. The summed E-state index contributed by atoms with van der Waals surface area (Å²) >= 11 is 3.39. The fraction of sp³-hybridized carbons (Fsp3) is 0.182. The van der Waals surface area contributed by atoms with Gasteiger partial charge in [0.25, 0.3) is 0 Å². The Morgan fingerprint density at radius 3 is 2.76 bits per heavy atom. The maximum absolute atomic E-state index is 8.89. The summed E-state index contributed by atoms with van der Waals surface area (Å²) in [5.41, 5.74) is 13.7. The molecule has 0 aliphatic rings. The quantitative estimate of drug-likeness (QED) is 0.800. The van der Waals surface area contributed by atoms with Crippen LogP contribution < -0.4 is 11.5 Å². The van der Waals surface area contributed by atoms with E-state index >= 15 is 0 Å². The van der Waals surface area contributed by atoms with Crippen molar-refractivity contribution in [1.82, 2.24) is 9.78 Å². The molecule has 0 atom stereocenters. The Labute approximate surface area is 107 Å². The van der Waals surface area contributed by atoms with E-state index in [-0.39, 0.29) is 6.61 Å². The minimum atomic E-state index is -0.0246. The number of rotatable bonds is 3. The second-order valence-corrected chi connectivity index (χ2v) is 4.52. The summed E-state index contributed by atoms with van der Waals surface area (Å²) in [6, 6.07) is 7.65. The van der Waals surface area contributed by atoms with E-state index in [1.165, 1.54) is 4.68 Å². The predicted molar refractivity (Wildman–Crippen MR) is 71.3 cm³/mol. The summed E-state index contributed by atoms with van der Waals surface area (Å²) in [6.07, 6.45) is 0. The Morgan fingerprint density at radius 2 is 2.12 bits per heavy atom. The van der Waals surface area contributed by atoms with Crippen LogP contribution in [0.1, 0.15) is 0 Å². The Kier molecular flexibility index (Phi) is 3.35. The fourth-order valence-electron chi connectivity index (χ4n) is 1.60. The van der Waals surface area contributed by atoms with Crippen LogP contribution in [-0.2, 0) is 6.54 Å². The average molecular weight is 297 g/mol. The molecule has 90 valence electrons. The Bertz CT molecular complexity index is 538. The fourth-order valence-corrected chi connectivity index (χ4v) is 2.00. The number of hydrogen-bond acceptors (Lipinski definition) is 4. The van der Waals surface area contributed by atoms with Crippen LogP contribution in [0.25, 0.3) is 11.3 Å². The van der Waals surface area contributed by atoms with Gasteiger partial charge in [-0.1, -0.05) is 28.1 Å². The molecule has 0 bridgehead atoms. The van der Waals surface area contributed by atoms with E-state index in [2.05, 4.69) is 21.0 Å². The topological polar surface area (TPSA) is 90.1 Å². The molecular weight excluding hydrogens is 284 g/mol. The third-order valence-electron chi connectivity index (χ3n) is 2.44. The number of halogens is 1. The summed E-state index contributed by atoms with van der Waals surface area (Å²) in [6.45, 7) is 0.313. The van der Waals surface area contributed by atoms with Crippen LogP contribution in [-0.4, -0.2) is 21.5 Å². The molecule has 0 radical (unpaired) electrons. The summed E-state index contributed by atoms with van der Waals surface area (Å²) in [4.78, 5) is 0. The number of hydrogen-bond donors (Lipinski definition) is 3. The summed E-state index contributed by atoms with van der Waals surface area (Å²) < 4.78 is 2.45. The van der Waals surface area contributed by atoms with E-state index in [4.69, 9.17) is 16.6 Å². The van der Waals surface area contributed by atoms with Crippen LogP contribution in [0.3, 0.4) is 0 Å². The van der Waals surface area contributed by atoms with Gasteiger partial charge in [-0.3, -0.25) is 0 Å². The molecular formula is C11H13BrN4O. The van der Waals surface area contributed by atoms with Crippen molar-refractivity contribution >= 4 is 27.4 Å². The molecule has 0 saturated heterocycles. The second kappa shape index (κ2) is 4.77. The highest BCUT2D eigenvalue weighted by molar-refractivity contribution is 9.10. The lowest BCUT2D eigenvalue weighted by molar-refractivity contribution is 0.270. The lowest BCUT2D eigenvalue weighted by Crippen LogP contribution is -2.08. The van der Waals surface area contributed by atoms with E-state index < -0.39 is 0 Å². The van der Waals surface area contributed by atoms with E-state index in [9.17, 15) is 0 Å². The van der Waals surface area contributed by atoms with Gasteiger partial charge in [0.15, 0.2) is 0 Å². The van der Waals surface area contributed by atoms with Crippen LogP contribution in [0, 0.1) is 0 Å². The molecule has 2 rings (SSSR count). The number of anilines is 2. The van der Waals surface area contributed by atoms with Crippen molar-refractivity contribution in [2.24, 2.45) is 0 Å². The van der Waals surface area contributed by atoms with E-state index in [0.29, 0.717) is 23.7 Å². The zero-order chi connectivity index (χ0) is 12.4. The molecule has 0 aliphatic carbocycles. The molecule has 0 aliphatic heterocycles. The van der Waals surface area contributed by atoms with E-state index in [1.807, 2.05) is 24.3 Å². The van der Waals surface area contributed by atoms with Gasteiger partial charge in [0.05, 0.1) is 13.2 Å². The molecule has 1 aromatic carbocycles. The van der Waals surface area contributed by atoms with E-state index in [0.717, 1.165) is 10.0 Å². The van der Waals surface area contributed by atoms with Gasteiger partial charge in [0, 0.05) is 10.0 Å². The van der Waals surface area contributed by atoms with Gasteiger partial charge in [-0.15, -0.1) is 0 Å². The smallest absolute Gasteiger partial charge is 0.145 e. The third-order valence-corrected chi connectivity index (χ3v) is 2.93. The highest BCUT2D eigenvalue weighted by Gasteiger charge is 2.14. The van der Waals surface area contributed by atoms with Crippen LogP contribution in [0.2, 0.25) is 0 Å². The first-order valence-electron chi connectivity index (χ1n) is 5.12. The molecule has 1 heterocycles. The zero-order valence-corrected chi connectivity index (χ0v) is 10.7. The lowest BCUT2D eigenvalue weighted by Gasteiger charge is -1.99. The van der Waals surface area contributed by atoms with Crippen molar-refractivity contribution in [1.29, 1.82) is 0 Å². The number of nitrogens with two attached hydrogens (primary N) is 2. The summed E-state index contributed by atoms with van der Waals surface area (Å²) in [5.74, 6) is 0.383. The number of benzene rings is 1. The summed E-state index contributed by atoms with van der Waals surface area (Å²) in [7, 11) is 0. The van der Waals surface area contributed by atoms with Crippen molar-refractivity contribution in [2.45, 2.75) is 6.54 Å². The number of nitrogen functional groups attached to an aromatic ring is 2. The predicted octanol–water partition coefficient (Wildman–Crippen LogP) is 1.47. The van der Waals surface area contributed by atoms with Gasteiger partial charge in [0.2, 0.25) is 0 Å². The molecule has 0 spiro atoms. The van der Waals surface area contributed by atoms with Crippen LogP contribution >= 0.6 is 15.9 Å². The van der Waals surface area contributed by atoms with Gasteiger partial charge < -0.3 is 16.6 Å². The molecule has 0 amide bonds. The van der Waals surface area contributed by atoms with Crippen molar-refractivity contribution in [3.8, 4) is 11.3 Å². The minimum absolute atomic E-state index is 0.0246. The molecule has 6 heteroatoms. The SMILES string of the molecule is Nc1c(-c2cccc(Br)c2)nn(CCO)c1N. The Morgan fingerprint density at radius 1 is 1.35 bits per heavy atom. The van der Waals surface area contributed by atoms with Gasteiger partial charge in [-0.2, -0.15) is 5.10 Å². The van der Waals surface area contributed by atoms with Crippen LogP contribution in [0.5, 0.6) is 0 Å². The highest BCUT2D eigenvalue weighted by atomic mass is 79.9. The molecule has 1 aromatic heterocycles. The zero-order valence-electron chi connectivity index (χ0n) is 9.10. The minimum Gasteiger partial charge on any atom is -0.394 e. The number of nitrogens with zero attached hydrogens (tertiary/aromatic N) is 2. The van der Waals surface area contributed by atoms with Gasteiger partial charge in [0.1, 0.15) is 17.2 Å². The van der Waals surface area contributed by atoms with Crippen molar-refractivity contribution in [3.63, 3.8) is 0 Å². The summed E-state index contributed by atoms with van der Waals surface area (Å²) in [5, 5.41) is 13.2. The highest BCUT2D eigenvalue weighted by Crippen LogP contribution is 2.30. The van der Waals surface area contributed by atoms with E-state index in [1.54, 1.807) is 0 Å². The molecule has 5 nitrogen and oxygen atoms in total. The molecule has 2 aromatic rings.